The molecule has 2 N–H and O–H groups in total. The molecule has 0 aliphatic carbocycles. The Hall–Kier alpha value is -2.57. The van der Waals surface area contributed by atoms with Gasteiger partial charge in [-0.2, -0.15) is 0 Å². The summed E-state index contributed by atoms with van der Waals surface area (Å²) in [7, 11) is 0. The zero-order valence-electron chi connectivity index (χ0n) is 24.1. The van der Waals surface area contributed by atoms with Crippen molar-refractivity contribution in [2.45, 2.75) is 125 Å². The van der Waals surface area contributed by atoms with Crippen LogP contribution in [0, 0.1) is 5.92 Å². The van der Waals surface area contributed by atoms with Crippen LogP contribution in [0.5, 0.6) is 0 Å². The lowest BCUT2D eigenvalue weighted by molar-refractivity contribution is -0.145. The zero-order valence-corrected chi connectivity index (χ0v) is 24.1. The molecule has 0 aliphatic rings. The maximum Gasteiger partial charge on any atom is 0.408 e. The highest BCUT2D eigenvalue weighted by Crippen LogP contribution is 2.27. The van der Waals surface area contributed by atoms with Gasteiger partial charge in [0, 0.05) is 12.1 Å². The monoisotopic (exact) mass is 503 g/mol. The number of rotatable bonds is 12. The summed E-state index contributed by atoms with van der Waals surface area (Å²) in [6, 6.07) is 5.89. The Balaban J connectivity index is 3.49. The highest BCUT2D eigenvalue weighted by atomic mass is 16.6. The second-order valence-corrected chi connectivity index (χ2v) is 11.0. The number of aryl methyl sites for hydroxylation is 1. The third-order valence-corrected chi connectivity index (χ3v) is 6.30. The first-order chi connectivity index (χ1) is 16.7. The molecule has 0 spiro atoms. The van der Waals surface area contributed by atoms with E-state index < -0.39 is 23.8 Å². The van der Waals surface area contributed by atoms with Crippen molar-refractivity contribution in [2.75, 3.05) is 0 Å². The summed E-state index contributed by atoms with van der Waals surface area (Å²) in [6.45, 7) is 19.2. The number of hydrogen-bond acceptors (Lipinski definition) is 4. The summed E-state index contributed by atoms with van der Waals surface area (Å²) in [5, 5.41) is 5.91. The Morgan fingerprint density at radius 2 is 1.53 bits per heavy atom. The molecule has 7 nitrogen and oxygen atoms in total. The Bertz CT molecular complexity index is 845. The SMILES string of the molecule is CCCC(C)NC(=O)C(c1ccc(CC)cc1)N(C(=O)C(NC(=O)OC(C)(C)C)C(C)CC)C(C)C. The number of ether oxygens (including phenoxy) is 1. The largest absolute Gasteiger partial charge is 0.444 e. The summed E-state index contributed by atoms with van der Waals surface area (Å²) in [5.74, 6) is -0.674. The van der Waals surface area contributed by atoms with Gasteiger partial charge in [-0.1, -0.05) is 64.8 Å². The molecule has 0 saturated carbocycles. The van der Waals surface area contributed by atoms with Crippen LogP contribution in [0.1, 0.15) is 106 Å². The van der Waals surface area contributed by atoms with Gasteiger partial charge in [0.25, 0.3) is 0 Å². The van der Waals surface area contributed by atoms with Crippen molar-refractivity contribution < 1.29 is 19.1 Å². The van der Waals surface area contributed by atoms with Gasteiger partial charge < -0.3 is 20.3 Å². The van der Waals surface area contributed by atoms with E-state index in [0.29, 0.717) is 6.42 Å². The first-order valence-corrected chi connectivity index (χ1v) is 13.5. The van der Waals surface area contributed by atoms with Crippen molar-refractivity contribution in [3.05, 3.63) is 35.4 Å². The average molecular weight is 504 g/mol. The standard InChI is InChI=1S/C29H49N3O4/c1-11-14-21(7)30-26(33)25(23-17-15-22(13-3)16-18-23)32(19(4)5)27(34)24(20(6)12-2)31-28(35)36-29(8,9)10/h15-21,24-25H,11-14H2,1-10H3,(H,30,33)(H,31,35). The minimum Gasteiger partial charge on any atom is -0.444 e. The Kier molecular flexibility index (Phi) is 12.4. The van der Waals surface area contributed by atoms with Gasteiger partial charge in [-0.15, -0.1) is 0 Å². The lowest BCUT2D eigenvalue weighted by atomic mass is 9.94. The zero-order chi connectivity index (χ0) is 27.6. The molecule has 0 heterocycles. The molecule has 4 unspecified atom stereocenters. The van der Waals surface area contributed by atoms with Crippen LogP contribution in [-0.2, 0) is 20.7 Å². The van der Waals surface area contributed by atoms with Gasteiger partial charge in [-0.05, 0) is 71.4 Å². The van der Waals surface area contributed by atoms with Crippen LogP contribution in [-0.4, -0.2) is 46.5 Å². The molecule has 0 radical (unpaired) electrons. The topological polar surface area (TPSA) is 87.7 Å². The normalized spacial score (nSPS) is 15.0. The van der Waals surface area contributed by atoms with Crippen LogP contribution in [0.4, 0.5) is 4.79 Å². The fraction of sp³-hybridized carbons (Fsp3) is 0.690. The van der Waals surface area contributed by atoms with Crippen LogP contribution in [0.3, 0.4) is 0 Å². The minimum atomic E-state index is -0.828. The van der Waals surface area contributed by atoms with E-state index in [2.05, 4.69) is 24.5 Å². The minimum absolute atomic E-state index is 0.0192. The van der Waals surface area contributed by atoms with Gasteiger partial charge in [0.05, 0.1) is 0 Å². The van der Waals surface area contributed by atoms with E-state index >= 15 is 0 Å². The van der Waals surface area contributed by atoms with Crippen molar-refractivity contribution in [1.82, 2.24) is 15.5 Å². The van der Waals surface area contributed by atoms with Gasteiger partial charge in [-0.25, -0.2) is 4.79 Å². The molecule has 0 fully saturated rings. The van der Waals surface area contributed by atoms with Gasteiger partial charge in [0.15, 0.2) is 0 Å². The lowest BCUT2D eigenvalue weighted by Gasteiger charge is -2.39. The molecular weight excluding hydrogens is 454 g/mol. The second kappa shape index (κ2) is 14.2. The first kappa shape index (κ1) is 31.5. The Morgan fingerprint density at radius 3 is 1.97 bits per heavy atom. The van der Waals surface area contributed by atoms with E-state index in [-0.39, 0.29) is 29.8 Å². The molecule has 204 valence electrons. The highest BCUT2D eigenvalue weighted by Gasteiger charge is 2.39. The predicted molar refractivity (Wildman–Crippen MR) is 146 cm³/mol. The van der Waals surface area contributed by atoms with E-state index in [4.69, 9.17) is 4.74 Å². The Morgan fingerprint density at radius 1 is 0.944 bits per heavy atom. The number of amides is 3. The van der Waals surface area contributed by atoms with E-state index in [1.807, 2.05) is 58.9 Å². The van der Waals surface area contributed by atoms with Crippen molar-refractivity contribution in [3.63, 3.8) is 0 Å². The van der Waals surface area contributed by atoms with E-state index in [0.717, 1.165) is 30.4 Å². The predicted octanol–water partition coefficient (Wildman–Crippen LogP) is 5.77. The van der Waals surface area contributed by atoms with Crippen LogP contribution in [0.2, 0.25) is 0 Å². The maximum atomic E-state index is 14.1. The molecule has 3 amide bonds. The van der Waals surface area contributed by atoms with Gasteiger partial charge in [-0.3, -0.25) is 9.59 Å². The summed E-state index contributed by atoms with van der Waals surface area (Å²) in [4.78, 5) is 42.1. The average Bonchev–Trinajstić information content (AvgIpc) is 2.78. The van der Waals surface area contributed by atoms with E-state index in [9.17, 15) is 14.4 Å². The Labute approximate surface area is 218 Å². The number of alkyl carbamates (subject to hydrolysis) is 1. The highest BCUT2D eigenvalue weighted by molar-refractivity contribution is 5.92. The van der Waals surface area contributed by atoms with E-state index in [1.54, 1.807) is 25.7 Å². The number of nitrogens with one attached hydrogen (secondary N) is 2. The van der Waals surface area contributed by atoms with Crippen LogP contribution in [0.25, 0.3) is 0 Å². The van der Waals surface area contributed by atoms with E-state index in [1.165, 1.54) is 0 Å². The number of carbonyl (C=O) groups is 3. The third kappa shape index (κ3) is 9.47. The number of benzene rings is 1. The fourth-order valence-corrected chi connectivity index (χ4v) is 4.16. The molecule has 0 aliphatic heterocycles. The summed E-state index contributed by atoms with van der Waals surface area (Å²) in [6.07, 6.45) is 2.70. The quantitative estimate of drug-likeness (QED) is 0.379. The molecule has 4 atom stereocenters. The summed E-state index contributed by atoms with van der Waals surface area (Å²) >= 11 is 0. The summed E-state index contributed by atoms with van der Waals surface area (Å²) in [5.41, 5.74) is 1.21. The number of nitrogens with zero attached hydrogens (tertiary/aromatic N) is 1. The number of hydrogen-bond donors (Lipinski definition) is 2. The van der Waals surface area contributed by atoms with Crippen molar-refractivity contribution in [2.24, 2.45) is 5.92 Å². The molecule has 0 aromatic heterocycles. The van der Waals surface area contributed by atoms with Crippen molar-refractivity contribution in [1.29, 1.82) is 0 Å². The van der Waals surface area contributed by atoms with Gasteiger partial charge in [0.2, 0.25) is 11.8 Å². The molecule has 0 saturated heterocycles. The van der Waals surface area contributed by atoms with Crippen molar-refractivity contribution in [3.8, 4) is 0 Å². The smallest absolute Gasteiger partial charge is 0.408 e. The third-order valence-electron chi connectivity index (χ3n) is 6.30. The molecule has 1 aromatic carbocycles. The lowest BCUT2D eigenvalue weighted by Crippen LogP contribution is -2.57. The van der Waals surface area contributed by atoms with Crippen LogP contribution in [0.15, 0.2) is 24.3 Å². The molecule has 36 heavy (non-hydrogen) atoms. The first-order valence-electron chi connectivity index (χ1n) is 13.5. The van der Waals surface area contributed by atoms with Crippen LogP contribution >= 0.6 is 0 Å². The van der Waals surface area contributed by atoms with Gasteiger partial charge in [0.1, 0.15) is 17.7 Å². The summed E-state index contributed by atoms with van der Waals surface area (Å²) < 4.78 is 5.45. The maximum absolute atomic E-state index is 14.1. The van der Waals surface area contributed by atoms with Crippen LogP contribution < -0.4 is 10.6 Å². The van der Waals surface area contributed by atoms with Crippen molar-refractivity contribution >= 4 is 17.9 Å². The fourth-order valence-electron chi connectivity index (χ4n) is 4.16. The molecule has 0 bridgehead atoms. The molecule has 1 aromatic rings. The molecule has 1 rings (SSSR count). The molecular formula is C29H49N3O4. The number of carbonyl (C=O) groups excluding carboxylic acids is 3. The molecule has 7 heteroatoms. The van der Waals surface area contributed by atoms with Gasteiger partial charge >= 0.3 is 6.09 Å². The second-order valence-electron chi connectivity index (χ2n) is 11.0.